The minimum absolute atomic E-state index is 0.0871. The van der Waals surface area contributed by atoms with Crippen LogP contribution in [0, 0.1) is 0 Å². The van der Waals surface area contributed by atoms with Crippen LogP contribution in [0.5, 0.6) is 0 Å². The minimum atomic E-state index is -3.50. The van der Waals surface area contributed by atoms with Crippen LogP contribution in [0.15, 0.2) is 36.7 Å². The average molecular weight is 388 g/mol. The molecule has 2 aliphatic rings. The van der Waals surface area contributed by atoms with E-state index in [-0.39, 0.29) is 11.7 Å². The predicted molar refractivity (Wildman–Crippen MR) is 103 cm³/mol. The molecule has 2 aliphatic heterocycles. The molecule has 0 bridgehead atoms. The predicted octanol–water partition coefficient (Wildman–Crippen LogP) is 2.19. The van der Waals surface area contributed by atoms with Gasteiger partial charge in [0.25, 0.3) is 0 Å². The molecule has 144 valence electrons. The largest absolute Gasteiger partial charge is 0.337 e. The zero-order valence-electron chi connectivity index (χ0n) is 15.6. The van der Waals surface area contributed by atoms with Gasteiger partial charge in [0, 0.05) is 31.7 Å². The molecule has 1 fully saturated rings. The minimum Gasteiger partial charge on any atom is -0.337 e. The molecule has 0 aliphatic carbocycles. The van der Waals surface area contributed by atoms with Crippen molar-refractivity contribution in [2.75, 3.05) is 17.6 Å². The summed E-state index contributed by atoms with van der Waals surface area (Å²) in [5, 5.41) is 2.96. The third kappa shape index (κ3) is 2.62. The molecule has 1 amide bonds. The van der Waals surface area contributed by atoms with Gasteiger partial charge in [0.2, 0.25) is 15.9 Å². The van der Waals surface area contributed by atoms with Gasteiger partial charge in [0.05, 0.1) is 5.75 Å². The molecular formula is C19H24N4O3S. The van der Waals surface area contributed by atoms with Gasteiger partial charge in [-0.05, 0) is 24.5 Å². The average Bonchev–Trinajstić information content (AvgIpc) is 3.31. The fourth-order valence-corrected chi connectivity index (χ4v) is 6.24. The number of hydrogen-bond donors (Lipinski definition) is 1. The third-order valence-electron chi connectivity index (χ3n) is 5.76. The van der Waals surface area contributed by atoms with Gasteiger partial charge in [-0.25, -0.2) is 13.4 Å². The Balaban J connectivity index is 1.89. The maximum absolute atomic E-state index is 13.2. The van der Waals surface area contributed by atoms with E-state index in [0.29, 0.717) is 25.2 Å². The lowest BCUT2D eigenvalue weighted by molar-refractivity contribution is -0.121. The first-order valence-electron chi connectivity index (χ1n) is 9.29. The molecule has 0 radical (unpaired) electrons. The fourth-order valence-electron chi connectivity index (χ4n) is 4.39. The Morgan fingerprint density at radius 1 is 1.33 bits per heavy atom. The molecule has 1 aromatic heterocycles. The van der Waals surface area contributed by atoms with Crippen LogP contribution in [-0.4, -0.2) is 40.5 Å². The van der Waals surface area contributed by atoms with Crippen LogP contribution >= 0.6 is 0 Å². The molecule has 1 spiro atoms. The standard InChI is InChI=1S/C19H24N4O3S/c1-3-4-13-27(25,26)23-11-9-19(16(23)17-20-10-12-22(17)2)14-7-5-6-8-15(14)21-18(19)24/h5-8,10,12,16H,3-4,9,11,13H2,1-2H3,(H,21,24)/t16-,19+/m0/s1. The van der Waals surface area contributed by atoms with Crippen LogP contribution in [0.25, 0.3) is 0 Å². The molecule has 8 heteroatoms. The number of para-hydroxylation sites is 1. The monoisotopic (exact) mass is 388 g/mol. The lowest BCUT2D eigenvalue weighted by atomic mass is 9.75. The third-order valence-corrected chi connectivity index (χ3v) is 7.67. The molecule has 0 unspecified atom stereocenters. The maximum atomic E-state index is 13.2. The van der Waals surface area contributed by atoms with E-state index >= 15 is 0 Å². The number of hydrogen-bond acceptors (Lipinski definition) is 4. The number of imidazole rings is 1. The Kier molecular flexibility index (Phi) is 4.35. The summed E-state index contributed by atoms with van der Waals surface area (Å²) in [7, 11) is -1.67. The number of carbonyl (C=O) groups is 1. The first-order chi connectivity index (χ1) is 12.9. The summed E-state index contributed by atoms with van der Waals surface area (Å²) in [5.41, 5.74) is 0.667. The van der Waals surface area contributed by atoms with Crippen molar-refractivity contribution in [3.63, 3.8) is 0 Å². The molecule has 4 rings (SSSR count). The summed E-state index contributed by atoms with van der Waals surface area (Å²) in [6, 6.07) is 6.91. The van der Waals surface area contributed by atoms with Crippen LogP contribution in [0.2, 0.25) is 0 Å². The number of rotatable bonds is 5. The van der Waals surface area contributed by atoms with E-state index < -0.39 is 21.5 Å². The molecule has 3 heterocycles. The highest BCUT2D eigenvalue weighted by atomic mass is 32.2. The lowest BCUT2D eigenvalue weighted by Gasteiger charge is -2.33. The zero-order chi connectivity index (χ0) is 19.2. The van der Waals surface area contributed by atoms with Crippen LogP contribution < -0.4 is 5.32 Å². The van der Waals surface area contributed by atoms with Crippen molar-refractivity contribution < 1.29 is 13.2 Å². The van der Waals surface area contributed by atoms with E-state index in [9.17, 15) is 13.2 Å². The Hall–Kier alpha value is -2.19. The summed E-state index contributed by atoms with van der Waals surface area (Å²) >= 11 is 0. The lowest BCUT2D eigenvalue weighted by Crippen LogP contribution is -2.44. The van der Waals surface area contributed by atoms with E-state index in [4.69, 9.17) is 0 Å². The number of nitrogens with one attached hydrogen (secondary N) is 1. The van der Waals surface area contributed by atoms with Gasteiger partial charge in [-0.1, -0.05) is 31.5 Å². The normalized spacial score (nSPS) is 25.1. The van der Waals surface area contributed by atoms with Gasteiger partial charge < -0.3 is 9.88 Å². The smallest absolute Gasteiger partial charge is 0.237 e. The van der Waals surface area contributed by atoms with Gasteiger partial charge in [0.1, 0.15) is 17.3 Å². The van der Waals surface area contributed by atoms with E-state index in [1.165, 1.54) is 4.31 Å². The molecule has 27 heavy (non-hydrogen) atoms. The van der Waals surface area contributed by atoms with Crippen molar-refractivity contribution in [2.45, 2.75) is 37.6 Å². The number of benzene rings is 1. The summed E-state index contributed by atoms with van der Waals surface area (Å²) < 4.78 is 29.6. The second-order valence-corrected chi connectivity index (χ2v) is 9.34. The summed E-state index contributed by atoms with van der Waals surface area (Å²) in [6.07, 6.45) is 5.28. The maximum Gasteiger partial charge on any atom is 0.237 e. The first-order valence-corrected chi connectivity index (χ1v) is 10.9. The van der Waals surface area contributed by atoms with Crippen molar-refractivity contribution in [1.29, 1.82) is 0 Å². The molecule has 1 aromatic carbocycles. The topological polar surface area (TPSA) is 84.3 Å². The number of fused-ring (bicyclic) bond motifs is 2. The van der Waals surface area contributed by atoms with Crippen LogP contribution in [-0.2, 0) is 27.3 Å². The molecule has 2 atom stereocenters. The second-order valence-electron chi connectivity index (χ2n) is 7.30. The summed E-state index contributed by atoms with van der Waals surface area (Å²) in [6.45, 7) is 2.28. The van der Waals surface area contributed by atoms with Crippen molar-refractivity contribution in [3.05, 3.63) is 48.0 Å². The summed E-state index contributed by atoms with van der Waals surface area (Å²) in [5.74, 6) is 0.536. The highest BCUT2D eigenvalue weighted by molar-refractivity contribution is 7.89. The Labute approximate surface area is 159 Å². The summed E-state index contributed by atoms with van der Waals surface area (Å²) in [4.78, 5) is 17.6. The number of aryl methyl sites for hydroxylation is 1. The number of sulfonamides is 1. The van der Waals surface area contributed by atoms with Crippen molar-refractivity contribution in [2.24, 2.45) is 7.05 Å². The Bertz CT molecular complexity index is 984. The van der Waals surface area contributed by atoms with Gasteiger partial charge >= 0.3 is 0 Å². The fraction of sp³-hybridized carbons (Fsp3) is 0.474. The number of unbranched alkanes of at least 4 members (excludes halogenated alkanes) is 1. The van der Waals surface area contributed by atoms with Crippen LogP contribution in [0.3, 0.4) is 0 Å². The van der Waals surface area contributed by atoms with E-state index in [1.807, 2.05) is 42.8 Å². The Morgan fingerprint density at radius 2 is 2.11 bits per heavy atom. The van der Waals surface area contributed by atoms with Crippen molar-refractivity contribution >= 4 is 21.6 Å². The van der Waals surface area contributed by atoms with Crippen LogP contribution in [0.1, 0.15) is 43.6 Å². The van der Waals surface area contributed by atoms with Gasteiger partial charge in [-0.3, -0.25) is 4.79 Å². The van der Waals surface area contributed by atoms with Crippen molar-refractivity contribution in [1.82, 2.24) is 13.9 Å². The van der Waals surface area contributed by atoms with Gasteiger partial charge in [-0.15, -0.1) is 0 Å². The van der Waals surface area contributed by atoms with E-state index in [2.05, 4.69) is 10.3 Å². The highest BCUT2D eigenvalue weighted by Crippen LogP contribution is 2.55. The zero-order valence-corrected chi connectivity index (χ0v) is 16.4. The quantitative estimate of drug-likeness (QED) is 0.851. The SMILES string of the molecule is CCCCS(=O)(=O)N1CC[C@]2(C(=O)Nc3ccccc32)[C@@H]1c1nccn1C. The number of anilines is 1. The molecule has 7 nitrogen and oxygen atoms in total. The van der Waals surface area contributed by atoms with Gasteiger partial charge in [0.15, 0.2) is 0 Å². The molecule has 1 N–H and O–H groups in total. The number of aromatic nitrogens is 2. The molecule has 2 aromatic rings. The number of carbonyl (C=O) groups excluding carboxylic acids is 1. The Morgan fingerprint density at radius 3 is 2.81 bits per heavy atom. The molecule has 1 saturated heterocycles. The van der Waals surface area contributed by atoms with Crippen LogP contribution in [0.4, 0.5) is 5.69 Å². The van der Waals surface area contributed by atoms with E-state index in [0.717, 1.165) is 17.7 Å². The van der Waals surface area contributed by atoms with E-state index in [1.54, 1.807) is 12.4 Å². The second kappa shape index (κ2) is 6.45. The molecule has 0 saturated carbocycles. The number of amides is 1. The van der Waals surface area contributed by atoms with Gasteiger partial charge in [-0.2, -0.15) is 4.31 Å². The highest BCUT2D eigenvalue weighted by Gasteiger charge is 2.61. The van der Waals surface area contributed by atoms with Crippen molar-refractivity contribution in [3.8, 4) is 0 Å². The molecular weight excluding hydrogens is 364 g/mol. The first kappa shape index (κ1) is 18.2. The number of nitrogens with zero attached hydrogens (tertiary/aromatic N) is 3.